The van der Waals surface area contributed by atoms with Gasteiger partial charge in [0.2, 0.25) is 0 Å². The third-order valence-corrected chi connectivity index (χ3v) is 7.54. The number of benzene rings is 2. The molecule has 0 saturated heterocycles. The van der Waals surface area contributed by atoms with Crippen LogP contribution in [0.4, 0.5) is 17.6 Å². The van der Waals surface area contributed by atoms with Gasteiger partial charge in [-0.1, -0.05) is 51.2 Å². The predicted molar refractivity (Wildman–Crippen MR) is 116 cm³/mol. The average Bonchev–Trinajstić information content (AvgIpc) is 2.73. The van der Waals surface area contributed by atoms with Crippen LogP contribution in [0.15, 0.2) is 30.3 Å². The van der Waals surface area contributed by atoms with Gasteiger partial charge in [-0.05, 0) is 84.9 Å². The summed E-state index contributed by atoms with van der Waals surface area (Å²) in [7, 11) is 0. The van der Waals surface area contributed by atoms with Crippen LogP contribution >= 0.6 is 0 Å². The van der Waals surface area contributed by atoms with Crippen molar-refractivity contribution in [2.75, 3.05) is 0 Å². The maximum absolute atomic E-state index is 14.8. The average molecular weight is 437 g/mol. The van der Waals surface area contributed by atoms with Gasteiger partial charge in [0.15, 0.2) is 0 Å². The van der Waals surface area contributed by atoms with E-state index in [4.69, 9.17) is 0 Å². The van der Waals surface area contributed by atoms with Crippen molar-refractivity contribution in [3.8, 4) is 5.75 Å². The van der Waals surface area contributed by atoms with Crippen LogP contribution in [0.3, 0.4) is 0 Å². The number of hydrogen-bond donors (Lipinski definition) is 0. The van der Waals surface area contributed by atoms with Crippen molar-refractivity contribution in [2.45, 2.75) is 83.4 Å². The van der Waals surface area contributed by atoms with E-state index in [9.17, 15) is 17.6 Å². The van der Waals surface area contributed by atoms with Crippen LogP contribution in [0, 0.1) is 23.6 Å². The fourth-order valence-corrected chi connectivity index (χ4v) is 5.98. The van der Waals surface area contributed by atoms with Gasteiger partial charge >= 0.3 is 6.36 Å². The zero-order valence-electron chi connectivity index (χ0n) is 18.2. The Hall–Kier alpha value is -1.78. The first-order valence-electron chi connectivity index (χ1n) is 11.8. The first-order valence-corrected chi connectivity index (χ1v) is 11.8. The van der Waals surface area contributed by atoms with Crippen LogP contribution in [0.2, 0.25) is 0 Å². The third-order valence-electron chi connectivity index (χ3n) is 7.54. The molecule has 0 amide bonds. The quantitative estimate of drug-likeness (QED) is 0.325. The number of unbranched alkanes of at least 4 members (excludes halogenated alkanes) is 2. The highest BCUT2D eigenvalue weighted by Crippen LogP contribution is 2.48. The summed E-state index contributed by atoms with van der Waals surface area (Å²) >= 11 is 0. The molecular formula is C26H32F4O. The van der Waals surface area contributed by atoms with Gasteiger partial charge < -0.3 is 4.74 Å². The van der Waals surface area contributed by atoms with Crippen molar-refractivity contribution in [3.63, 3.8) is 0 Å². The molecule has 2 aliphatic carbocycles. The van der Waals surface area contributed by atoms with E-state index in [0.29, 0.717) is 11.3 Å². The second-order valence-corrected chi connectivity index (χ2v) is 9.64. The van der Waals surface area contributed by atoms with Gasteiger partial charge in [-0.15, -0.1) is 13.2 Å². The summed E-state index contributed by atoms with van der Waals surface area (Å²) in [6.45, 7) is 2.25. The van der Waals surface area contributed by atoms with Crippen LogP contribution in [-0.4, -0.2) is 6.36 Å². The monoisotopic (exact) mass is 436 g/mol. The lowest BCUT2D eigenvalue weighted by Gasteiger charge is -2.42. The van der Waals surface area contributed by atoms with Gasteiger partial charge in [0, 0.05) is 5.39 Å². The molecule has 5 heteroatoms. The first-order chi connectivity index (χ1) is 14.8. The summed E-state index contributed by atoms with van der Waals surface area (Å²) in [5.74, 6) is 1.90. The summed E-state index contributed by atoms with van der Waals surface area (Å²) < 4.78 is 56.2. The molecule has 0 heterocycles. The topological polar surface area (TPSA) is 9.23 Å². The lowest BCUT2D eigenvalue weighted by Crippen LogP contribution is -2.30. The van der Waals surface area contributed by atoms with Crippen molar-refractivity contribution >= 4 is 10.8 Å². The van der Waals surface area contributed by atoms with E-state index in [2.05, 4.69) is 11.7 Å². The minimum atomic E-state index is -4.78. The Bertz CT molecular complexity index is 891. The van der Waals surface area contributed by atoms with Gasteiger partial charge in [-0.2, -0.15) is 0 Å². The Kier molecular flexibility index (Phi) is 6.78. The predicted octanol–water partition coefficient (Wildman–Crippen LogP) is 8.76. The Balaban J connectivity index is 1.43. The standard InChI is InChI=1S/C26H32F4O/c1-2-3-4-5-17-6-7-19-13-20(9-8-18(19)12-17)22-14-21-10-11-23(31-26(28,29)30)16-24(21)25(27)15-22/h10-11,14-20H,2-9,12-13H2,1H3. The molecule has 2 fully saturated rings. The van der Waals surface area contributed by atoms with Crippen molar-refractivity contribution in [2.24, 2.45) is 17.8 Å². The van der Waals surface area contributed by atoms with Gasteiger partial charge in [-0.3, -0.25) is 0 Å². The van der Waals surface area contributed by atoms with Crippen LogP contribution in [-0.2, 0) is 0 Å². The number of halogens is 4. The summed E-state index contributed by atoms with van der Waals surface area (Å²) in [6, 6.07) is 7.41. The Morgan fingerprint density at radius 3 is 2.48 bits per heavy atom. The summed E-state index contributed by atoms with van der Waals surface area (Å²) in [6.07, 6.45) is 7.91. The molecule has 4 unspecified atom stereocenters. The zero-order valence-corrected chi connectivity index (χ0v) is 18.2. The number of alkyl halides is 3. The van der Waals surface area contributed by atoms with Crippen molar-refractivity contribution in [1.82, 2.24) is 0 Å². The SMILES string of the molecule is CCCCCC1CCC2CC(c3cc(F)c4cc(OC(F)(F)F)ccc4c3)CCC2C1. The molecule has 0 aromatic heterocycles. The maximum atomic E-state index is 14.8. The van der Waals surface area contributed by atoms with E-state index in [0.717, 1.165) is 42.2 Å². The molecule has 1 nitrogen and oxygen atoms in total. The van der Waals surface area contributed by atoms with Crippen molar-refractivity contribution < 1.29 is 22.3 Å². The van der Waals surface area contributed by atoms with E-state index in [1.54, 1.807) is 0 Å². The highest BCUT2D eigenvalue weighted by molar-refractivity contribution is 5.85. The van der Waals surface area contributed by atoms with E-state index in [1.165, 1.54) is 69.6 Å². The smallest absolute Gasteiger partial charge is 0.406 e. The van der Waals surface area contributed by atoms with E-state index in [1.807, 2.05) is 6.07 Å². The molecule has 31 heavy (non-hydrogen) atoms. The summed E-state index contributed by atoms with van der Waals surface area (Å²) in [4.78, 5) is 0. The Labute approximate surface area is 182 Å². The van der Waals surface area contributed by atoms with Crippen molar-refractivity contribution in [1.29, 1.82) is 0 Å². The summed E-state index contributed by atoms with van der Waals surface area (Å²) in [5.41, 5.74) is 0.984. The van der Waals surface area contributed by atoms with Crippen LogP contribution in [0.1, 0.15) is 82.6 Å². The minimum absolute atomic E-state index is 0.173. The van der Waals surface area contributed by atoms with Crippen LogP contribution < -0.4 is 4.74 Å². The molecule has 0 bridgehead atoms. The molecule has 2 aliphatic rings. The normalized spacial score (nSPS) is 26.6. The molecule has 0 radical (unpaired) electrons. The lowest BCUT2D eigenvalue weighted by molar-refractivity contribution is -0.274. The molecule has 2 saturated carbocycles. The fraction of sp³-hybridized carbons (Fsp3) is 0.615. The van der Waals surface area contributed by atoms with E-state index in [-0.39, 0.29) is 11.1 Å². The molecule has 2 aromatic rings. The number of hydrogen-bond acceptors (Lipinski definition) is 1. The maximum Gasteiger partial charge on any atom is 0.573 e. The zero-order chi connectivity index (χ0) is 22.0. The Morgan fingerprint density at radius 1 is 0.935 bits per heavy atom. The molecule has 0 N–H and O–H groups in total. The largest absolute Gasteiger partial charge is 0.573 e. The van der Waals surface area contributed by atoms with Gasteiger partial charge in [0.05, 0.1) is 0 Å². The van der Waals surface area contributed by atoms with E-state index >= 15 is 0 Å². The highest BCUT2D eigenvalue weighted by Gasteiger charge is 2.36. The third kappa shape index (κ3) is 5.53. The molecule has 170 valence electrons. The highest BCUT2D eigenvalue weighted by atomic mass is 19.4. The second-order valence-electron chi connectivity index (χ2n) is 9.64. The number of fused-ring (bicyclic) bond motifs is 2. The molecular weight excluding hydrogens is 404 g/mol. The van der Waals surface area contributed by atoms with Gasteiger partial charge in [-0.25, -0.2) is 4.39 Å². The fourth-order valence-electron chi connectivity index (χ4n) is 5.98. The minimum Gasteiger partial charge on any atom is -0.406 e. The first kappa shape index (κ1) is 22.4. The van der Waals surface area contributed by atoms with E-state index < -0.39 is 12.2 Å². The molecule has 4 atom stereocenters. The van der Waals surface area contributed by atoms with Crippen LogP contribution in [0.25, 0.3) is 10.8 Å². The molecule has 0 aliphatic heterocycles. The molecule has 0 spiro atoms. The van der Waals surface area contributed by atoms with Crippen LogP contribution in [0.5, 0.6) is 5.75 Å². The van der Waals surface area contributed by atoms with Gasteiger partial charge in [0.1, 0.15) is 11.6 Å². The number of rotatable bonds is 6. The second kappa shape index (κ2) is 9.38. The van der Waals surface area contributed by atoms with Crippen molar-refractivity contribution in [3.05, 3.63) is 41.7 Å². The van der Waals surface area contributed by atoms with Gasteiger partial charge in [0.25, 0.3) is 0 Å². The number of ether oxygens (including phenoxy) is 1. The summed E-state index contributed by atoms with van der Waals surface area (Å²) in [5, 5.41) is 0.804. The Morgan fingerprint density at radius 2 is 1.71 bits per heavy atom. The lowest BCUT2D eigenvalue weighted by atomic mass is 9.63. The molecule has 4 rings (SSSR count). The molecule has 2 aromatic carbocycles.